The third kappa shape index (κ3) is 2.77. The van der Waals surface area contributed by atoms with Crippen LogP contribution in [0.5, 0.6) is 0 Å². The van der Waals surface area contributed by atoms with Crippen molar-refractivity contribution in [2.75, 3.05) is 18.0 Å². The third-order valence-electron chi connectivity index (χ3n) is 5.39. The summed E-state index contributed by atoms with van der Waals surface area (Å²) in [6, 6.07) is 5.73. The van der Waals surface area contributed by atoms with E-state index in [4.69, 9.17) is 9.97 Å². The molecule has 1 N–H and O–H groups in total. The van der Waals surface area contributed by atoms with Crippen molar-refractivity contribution in [3.8, 4) is 0 Å². The van der Waals surface area contributed by atoms with E-state index in [0.29, 0.717) is 12.8 Å². The molecule has 4 rings (SSSR count). The van der Waals surface area contributed by atoms with Gasteiger partial charge in [-0.25, -0.2) is 9.97 Å². The minimum absolute atomic E-state index is 0.656. The molecule has 1 fully saturated rings. The Labute approximate surface area is 142 Å². The lowest BCUT2D eigenvalue weighted by molar-refractivity contribution is 0.00736. The zero-order valence-corrected chi connectivity index (χ0v) is 14.2. The summed E-state index contributed by atoms with van der Waals surface area (Å²) in [5.74, 6) is 0.830. The lowest BCUT2D eigenvalue weighted by atomic mass is 9.88. The number of pyridine rings is 1. The number of anilines is 1. The third-order valence-corrected chi connectivity index (χ3v) is 5.39. The summed E-state index contributed by atoms with van der Waals surface area (Å²) in [5.41, 5.74) is 3.65. The quantitative estimate of drug-likeness (QED) is 0.920. The van der Waals surface area contributed by atoms with Crippen molar-refractivity contribution in [2.24, 2.45) is 0 Å². The number of rotatable bonds is 2. The Bertz CT molecular complexity index is 724. The average Bonchev–Trinajstić information content (AvgIpc) is 2.63. The van der Waals surface area contributed by atoms with Crippen LogP contribution < -0.4 is 4.90 Å². The van der Waals surface area contributed by atoms with Crippen molar-refractivity contribution in [3.05, 3.63) is 47.0 Å². The van der Waals surface area contributed by atoms with Gasteiger partial charge in [-0.1, -0.05) is 6.07 Å². The van der Waals surface area contributed by atoms with Gasteiger partial charge in [0.1, 0.15) is 5.60 Å². The van der Waals surface area contributed by atoms with Crippen LogP contribution in [0.25, 0.3) is 0 Å². The number of hydrogen-bond donors (Lipinski definition) is 1. The van der Waals surface area contributed by atoms with Gasteiger partial charge in [-0.3, -0.25) is 4.98 Å². The van der Waals surface area contributed by atoms with E-state index < -0.39 is 5.60 Å². The van der Waals surface area contributed by atoms with Crippen LogP contribution >= 0.6 is 0 Å². The van der Waals surface area contributed by atoms with E-state index in [9.17, 15) is 5.11 Å². The standard InChI is InChI=1S/C19H24N4O/c1-14-15-6-2-3-7-16(15)22-18(21-14)23-12-9-19(24,10-13-23)17-8-4-5-11-20-17/h4-5,8,11,24H,2-3,6-7,9-10,12-13H2,1H3. The summed E-state index contributed by atoms with van der Waals surface area (Å²) < 4.78 is 0. The summed E-state index contributed by atoms with van der Waals surface area (Å²) in [6.07, 6.45) is 7.71. The zero-order valence-electron chi connectivity index (χ0n) is 14.2. The van der Waals surface area contributed by atoms with Crippen molar-refractivity contribution in [2.45, 2.75) is 51.0 Å². The Morgan fingerprint density at radius 2 is 1.88 bits per heavy atom. The largest absolute Gasteiger partial charge is 0.383 e. The van der Waals surface area contributed by atoms with E-state index >= 15 is 0 Å². The van der Waals surface area contributed by atoms with Crippen LogP contribution in [-0.2, 0) is 18.4 Å². The zero-order chi connectivity index (χ0) is 16.6. The molecule has 0 radical (unpaired) electrons. The molecule has 5 heteroatoms. The van der Waals surface area contributed by atoms with Gasteiger partial charge in [-0.05, 0) is 63.1 Å². The minimum atomic E-state index is -0.832. The van der Waals surface area contributed by atoms with E-state index in [1.165, 1.54) is 24.1 Å². The summed E-state index contributed by atoms with van der Waals surface area (Å²) in [6.45, 7) is 3.61. The van der Waals surface area contributed by atoms with Crippen LogP contribution in [0, 0.1) is 6.92 Å². The number of aromatic nitrogens is 3. The second-order valence-electron chi connectivity index (χ2n) is 6.97. The molecule has 5 nitrogen and oxygen atoms in total. The molecule has 1 aliphatic heterocycles. The van der Waals surface area contributed by atoms with E-state index in [1.807, 2.05) is 18.2 Å². The highest BCUT2D eigenvalue weighted by atomic mass is 16.3. The fourth-order valence-electron chi connectivity index (χ4n) is 3.88. The predicted molar refractivity (Wildman–Crippen MR) is 93.0 cm³/mol. The first-order valence-corrected chi connectivity index (χ1v) is 8.91. The van der Waals surface area contributed by atoms with Gasteiger partial charge in [0.15, 0.2) is 0 Å². The Hall–Kier alpha value is -2.01. The molecule has 0 aromatic carbocycles. The fraction of sp³-hybridized carbons (Fsp3) is 0.526. The molecule has 2 aromatic rings. The van der Waals surface area contributed by atoms with Crippen molar-refractivity contribution in [3.63, 3.8) is 0 Å². The van der Waals surface area contributed by atoms with Gasteiger partial charge in [0, 0.05) is 30.7 Å². The maximum atomic E-state index is 10.9. The summed E-state index contributed by atoms with van der Waals surface area (Å²) in [5, 5.41) is 10.9. The van der Waals surface area contributed by atoms with Gasteiger partial charge in [0.25, 0.3) is 0 Å². The smallest absolute Gasteiger partial charge is 0.225 e. The van der Waals surface area contributed by atoms with Crippen LogP contribution in [0.1, 0.15) is 48.3 Å². The first-order valence-electron chi connectivity index (χ1n) is 8.91. The molecule has 1 aliphatic carbocycles. The fourth-order valence-corrected chi connectivity index (χ4v) is 3.88. The highest BCUT2D eigenvalue weighted by Crippen LogP contribution is 2.33. The number of hydrogen-bond acceptors (Lipinski definition) is 5. The Balaban J connectivity index is 1.53. The molecule has 24 heavy (non-hydrogen) atoms. The van der Waals surface area contributed by atoms with Crippen LogP contribution in [0.15, 0.2) is 24.4 Å². The topological polar surface area (TPSA) is 62.1 Å². The number of fused-ring (bicyclic) bond motifs is 1. The highest BCUT2D eigenvalue weighted by molar-refractivity contribution is 5.39. The Kier molecular flexibility index (Phi) is 3.96. The van der Waals surface area contributed by atoms with Gasteiger partial charge in [0.05, 0.1) is 5.69 Å². The van der Waals surface area contributed by atoms with Gasteiger partial charge in [-0.15, -0.1) is 0 Å². The Morgan fingerprint density at radius 1 is 1.08 bits per heavy atom. The summed E-state index contributed by atoms with van der Waals surface area (Å²) in [7, 11) is 0. The monoisotopic (exact) mass is 324 g/mol. The Morgan fingerprint density at radius 3 is 2.62 bits per heavy atom. The molecular weight excluding hydrogens is 300 g/mol. The van der Waals surface area contributed by atoms with E-state index in [2.05, 4.69) is 16.8 Å². The van der Waals surface area contributed by atoms with E-state index in [-0.39, 0.29) is 0 Å². The molecule has 0 atom stereocenters. The molecule has 0 saturated carbocycles. The van der Waals surface area contributed by atoms with Gasteiger partial charge in [-0.2, -0.15) is 0 Å². The second kappa shape index (κ2) is 6.13. The molecule has 2 aliphatic rings. The minimum Gasteiger partial charge on any atom is -0.383 e. The number of aliphatic hydroxyl groups is 1. The maximum absolute atomic E-state index is 10.9. The van der Waals surface area contributed by atoms with Gasteiger partial charge < -0.3 is 10.0 Å². The molecule has 0 unspecified atom stereocenters. The lowest BCUT2D eigenvalue weighted by Crippen LogP contribution is -2.44. The molecule has 2 aromatic heterocycles. The average molecular weight is 324 g/mol. The molecule has 126 valence electrons. The normalized spacial score (nSPS) is 19.8. The second-order valence-corrected chi connectivity index (χ2v) is 6.97. The van der Waals surface area contributed by atoms with Crippen LogP contribution in [-0.4, -0.2) is 33.1 Å². The highest BCUT2D eigenvalue weighted by Gasteiger charge is 2.36. The lowest BCUT2D eigenvalue weighted by Gasteiger charge is -2.38. The maximum Gasteiger partial charge on any atom is 0.225 e. The van der Waals surface area contributed by atoms with Crippen LogP contribution in [0.2, 0.25) is 0 Å². The summed E-state index contributed by atoms with van der Waals surface area (Å²) in [4.78, 5) is 16.1. The van der Waals surface area contributed by atoms with Gasteiger partial charge >= 0.3 is 0 Å². The molecule has 0 bridgehead atoms. The molecule has 0 spiro atoms. The first-order chi connectivity index (χ1) is 11.7. The first kappa shape index (κ1) is 15.5. The van der Waals surface area contributed by atoms with Crippen LogP contribution in [0.4, 0.5) is 5.95 Å². The number of piperidine rings is 1. The molecular formula is C19H24N4O. The number of nitrogens with zero attached hydrogens (tertiary/aromatic N) is 4. The van der Waals surface area contributed by atoms with Crippen molar-refractivity contribution >= 4 is 5.95 Å². The van der Waals surface area contributed by atoms with Gasteiger partial charge in [0.2, 0.25) is 5.95 Å². The van der Waals surface area contributed by atoms with Crippen molar-refractivity contribution in [1.82, 2.24) is 15.0 Å². The van der Waals surface area contributed by atoms with E-state index in [1.54, 1.807) is 6.20 Å². The molecule has 3 heterocycles. The molecule has 0 amide bonds. The van der Waals surface area contributed by atoms with Crippen LogP contribution in [0.3, 0.4) is 0 Å². The summed E-state index contributed by atoms with van der Waals surface area (Å²) >= 11 is 0. The molecule has 1 saturated heterocycles. The predicted octanol–water partition coefficient (Wildman–Crippen LogP) is 2.55. The van der Waals surface area contributed by atoms with Crippen molar-refractivity contribution in [1.29, 1.82) is 0 Å². The SMILES string of the molecule is Cc1nc(N2CCC(O)(c3ccccn3)CC2)nc2c1CCCC2. The van der Waals surface area contributed by atoms with Crippen molar-refractivity contribution < 1.29 is 5.11 Å². The van der Waals surface area contributed by atoms with E-state index in [0.717, 1.165) is 43.3 Å². The number of aryl methyl sites for hydroxylation is 2.